The van der Waals surface area contributed by atoms with Gasteiger partial charge >= 0.3 is 0 Å². The SMILES string of the molecule is CCCCCCCCCC(=O)NCNC(=O)CCN(C)C. The van der Waals surface area contributed by atoms with Crippen LogP contribution in [-0.2, 0) is 9.59 Å². The van der Waals surface area contributed by atoms with Crippen molar-refractivity contribution >= 4 is 11.8 Å². The van der Waals surface area contributed by atoms with E-state index in [4.69, 9.17) is 0 Å². The summed E-state index contributed by atoms with van der Waals surface area (Å²) in [6.45, 7) is 3.17. The Morgan fingerprint density at radius 2 is 1.33 bits per heavy atom. The number of hydrogen-bond acceptors (Lipinski definition) is 3. The van der Waals surface area contributed by atoms with E-state index < -0.39 is 0 Å². The normalized spacial score (nSPS) is 10.7. The second kappa shape index (κ2) is 13.9. The molecule has 0 spiro atoms. The van der Waals surface area contributed by atoms with Crippen molar-refractivity contribution in [2.24, 2.45) is 0 Å². The molecule has 0 atom stereocenters. The Kier molecular flexibility index (Phi) is 13.1. The third-order valence-corrected chi connectivity index (χ3v) is 3.36. The molecule has 5 nitrogen and oxygen atoms in total. The van der Waals surface area contributed by atoms with Crippen molar-refractivity contribution in [2.75, 3.05) is 27.3 Å². The molecule has 2 amide bonds. The molecule has 0 heterocycles. The molecule has 0 aromatic carbocycles. The molecule has 124 valence electrons. The van der Waals surface area contributed by atoms with Crippen LogP contribution in [0.4, 0.5) is 0 Å². The number of carbonyl (C=O) groups excluding carboxylic acids is 2. The lowest BCUT2D eigenvalue weighted by atomic mass is 10.1. The van der Waals surface area contributed by atoms with Crippen LogP contribution < -0.4 is 10.6 Å². The lowest BCUT2D eigenvalue weighted by Crippen LogP contribution is -2.38. The third kappa shape index (κ3) is 15.1. The second-order valence-corrected chi connectivity index (χ2v) is 5.80. The minimum atomic E-state index is -0.0278. The summed E-state index contributed by atoms with van der Waals surface area (Å²) in [6.07, 6.45) is 9.45. The summed E-state index contributed by atoms with van der Waals surface area (Å²) < 4.78 is 0. The molecular formula is C16H33N3O2. The predicted octanol–water partition coefficient (Wildman–Crippen LogP) is 2.27. The smallest absolute Gasteiger partial charge is 0.222 e. The van der Waals surface area contributed by atoms with Gasteiger partial charge in [-0.3, -0.25) is 9.59 Å². The summed E-state index contributed by atoms with van der Waals surface area (Å²) in [4.78, 5) is 24.9. The highest BCUT2D eigenvalue weighted by atomic mass is 16.2. The summed E-state index contributed by atoms with van der Waals surface area (Å²) in [6, 6.07) is 0. The number of nitrogens with zero attached hydrogens (tertiary/aromatic N) is 1. The van der Waals surface area contributed by atoms with Gasteiger partial charge < -0.3 is 15.5 Å². The highest BCUT2D eigenvalue weighted by Gasteiger charge is 2.03. The summed E-state index contributed by atoms with van der Waals surface area (Å²) in [7, 11) is 3.86. The number of unbranched alkanes of at least 4 members (excludes halogenated alkanes) is 6. The zero-order valence-corrected chi connectivity index (χ0v) is 14.0. The van der Waals surface area contributed by atoms with Gasteiger partial charge in [0.15, 0.2) is 0 Å². The van der Waals surface area contributed by atoms with Crippen LogP contribution in [0.3, 0.4) is 0 Å². The molecule has 0 saturated carbocycles. The van der Waals surface area contributed by atoms with E-state index in [9.17, 15) is 9.59 Å². The monoisotopic (exact) mass is 299 g/mol. The molecule has 0 saturated heterocycles. The minimum absolute atomic E-state index is 0.0245. The molecule has 0 aromatic rings. The van der Waals surface area contributed by atoms with E-state index in [0.717, 1.165) is 19.4 Å². The molecular weight excluding hydrogens is 266 g/mol. The molecule has 0 aliphatic heterocycles. The first kappa shape index (κ1) is 19.9. The largest absolute Gasteiger partial charge is 0.339 e. The van der Waals surface area contributed by atoms with E-state index in [0.29, 0.717) is 12.8 Å². The van der Waals surface area contributed by atoms with Gasteiger partial charge in [0, 0.05) is 19.4 Å². The van der Waals surface area contributed by atoms with E-state index >= 15 is 0 Å². The zero-order chi connectivity index (χ0) is 15.9. The fraction of sp³-hybridized carbons (Fsp3) is 0.875. The van der Waals surface area contributed by atoms with E-state index in [1.807, 2.05) is 19.0 Å². The first-order valence-electron chi connectivity index (χ1n) is 8.24. The van der Waals surface area contributed by atoms with Crippen LogP contribution in [0.25, 0.3) is 0 Å². The maximum Gasteiger partial charge on any atom is 0.222 e. The molecule has 0 aliphatic carbocycles. The molecule has 0 aliphatic rings. The number of nitrogens with one attached hydrogen (secondary N) is 2. The van der Waals surface area contributed by atoms with Crippen LogP contribution in [0.5, 0.6) is 0 Å². The average molecular weight is 299 g/mol. The molecule has 2 N–H and O–H groups in total. The van der Waals surface area contributed by atoms with E-state index in [1.54, 1.807) is 0 Å². The van der Waals surface area contributed by atoms with Crippen LogP contribution >= 0.6 is 0 Å². The first-order chi connectivity index (χ1) is 10.1. The van der Waals surface area contributed by atoms with Crippen molar-refractivity contribution in [1.29, 1.82) is 0 Å². The molecule has 21 heavy (non-hydrogen) atoms. The highest BCUT2D eigenvalue weighted by Crippen LogP contribution is 2.08. The molecule has 0 fully saturated rings. The summed E-state index contributed by atoms with van der Waals surface area (Å²) in [5.41, 5.74) is 0. The van der Waals surface area contributed by atoms with Crippen molar-refractivity contribution in [2.45, 2.75) is 64.7 Å². The number of carbonyl (C=O) groups is 2. The maximum atomic E-state index is 11.6. The van der Waals surface area contributed by atoms with Crippen molar-refractivity contribution < 1.29 is 9.59 Å². The number of amides is 2. The third-order valence-electron chi connectivity index (χ3n) is 3.36. The quantitative estimate of drug-likeness (QED) is 0.405. The van der Waals surface area contributed by atoms with Crippen molar-refractivity contribution in [1.82, 2.24) is 15.5 Å². The van der Waals surface area contributed by atoms with Gasteiger partial charge in [-0.05, 0) is 20.5 Å². The van der Waals surface area contributed by atoms with E-state index in [-0.39, 0.29) is 18.5 Å². The van der Waals surface area contributed by atoms with Gasteiger partial charge in [-0.25, -0.2) is 0 Å². The van der Waals surface area contributed by atoms with Gasteiger partial charge in [-0.1, -0.05) is 45.4 Å². The Labute approximate surface area is 129 Å². The molecule has 0 unspecified atom stereocenters. The van der Waals surface area contributed by atoms with Gasteiger partial charge in [0.25, 0.3) is 0 Å². The van der Waals surface area contributed by atoms with Gasteiger partial charge in [0.05, 0.1) is 6.67 Å². The standard InChI is InChI=1S/C16H33N3O2/c1-4-5-6-7-8-9-10-11-15(20)17-14-18-16(21)12-13-19(2)3/h4-14H2,1-3H3,(H,17,20)(H,18,21). The summed E-state index contributed by atoms with van der Waals surface area (Å²) >= 11 is 0. The molecule has 0 radical (unpaired) electrons. The zero-order valence-electron chi connectivity index (χ0n) is 14.0. The van der Waals surface area contributed by atoms with Crippen LogP contribution in [0.15, 0.2) is 0 Å². The number of rotatable bonds is 13. The molecule has 5 heteroatoms. The second-order valence-electron chi connectivity index (χ2n) is 5.80. The van der Waals surface area contributed by atoms with Crippen LogP contribution in [0.2, 0.25) is 0 Å². The molecule has 0 rings (SSSR count). The van der Waals surface area contributed by atoms with Crippen molar-refractivity contribution in [3.63, 3.8) is 0 Å². The average Bonchev–Trinajstić information content (AvgIpc) is 2.44. The van der Waals surface area contributed by atoms with E-state index in [1.165, 1.54) is 32.1 Å². The highest BCUT2D eigenvalue weighted by molar-refractivity contribution is 5.78. The lowest BCUT2D eigenvalue weighted by Gasteiger charge is -2.10. The molecule has 0 bridgehead atoms. The Morgan fingerprint density at radius 3 is 1.90 bits per heavy atom. The minimum Gasteiger partial charge on any atom is -0.339 e. The lowest BCUT2D eigenvalue weighted by molar-refractivity contribution is -0.123. The van der Waals surface area contributed by atoms with Crippen LogP contribution in [0, 0.1) is 0 Å². The Bertz CT molecular complexity index is 281. The van der Waals surface area contributed by atoms with Gasteiger partial charge in [0.2, 0.25) is 11.8 Å². The van der Waals surface area contributed by atoms with Crippen LogP contribution in [0.1, 0.15) is 64.7 Å². The van der Waals surface area contributed by atoms with Gasteiger partial charge in [0.1, 0.15) is 0 Å². The Morgan fingerprint density at radius 1 is 0.810 bits per heavy atom. The Hall–Kier alpha value is -1.10. The van der Waals surface area contributed by atoms with Gasteiger partial charge in [-0.2, -0.15) is 0 Å². The summed E-state index contributed by atoms with van der Waals surface area (Å²) in [5, 5.41) is 5.42. The topological polar surface area (TPSA) is 61.4 Å². The van der Waals surface area contributed by atoms with Crippen LogP contribution in [-0.4, -0.2) is 44.0 Å². The first-order valence-corrected chi connectivity index (χ1v) is 8.24. The van der Waals surface area contributed by atoms with Gasteiger partial charge in [-0.15, -0.1) is 0 Å². The Balaban J connectivity index is 3.36. The van der Waals surface area contributed by atoms with Crippen molar-refractivity contribution in [3.05, 3.63) is 0 Å². The predicted molar refractivity (Wildman–Crippen MR) is 86.9 cm³/mol. The fourth-order valence-corrected chi connectivity index (χ4v) is 1.99. The number of hydrogen-bond donors (Lipinski definition) is 2. The molecule has 0 aromatic heterocycles. The fourth-order valence-electron chi connectivity index (χ4n) is 1.99. The van der Waals surface area contributed by atoms with E-state index in [2.05, 4.69) is 17.6 Å². The maximum absolute atomic E-state index is 11.6. The summed E-state index contributed by atoms with van der Waals surface area (Å²) in [5.74, 6) is -0.00334. The van der Waals surface area contributed by atoms with Crippen molar-refractivity contribution in [3.8, 4) is 0 Å².